The molecular weight excluding hydrogens is 334 g/mol. The number of para-hydroxylation sites is 1. The van der Waals surface area contributed by atoms with E-state index in [1.807, 2.05) is 60.8 Å². The van der Waals surface area contributed by atoms with E-state index in [1.54, 1.807) is 16.0 Å². The first-order valence-corrected chi connectivity index (χ1v) is 8.68. The van der Waals surface area contributed by atoms with Gasteiger partial charge in [-0.3, -0.25) is 4.79 Å². The predicted molar refractivity (Wildman–Crippen MR) is 98.4 cm³/mol. The van der Waals surface area contributed by atoms with Gasteiger partial charge in [0.05, 0.1) is 16.2 Å². The number of nitrogens with zero attached hydrogens (tertiary/aromatic N) is 4. The van der Waals surface area contributed by atoms with Gasteiger partial charge in [0.2, 0.25) is 5.91 Å². The second-order valence-electron chi connectivity index (χ2n) is 5.62. The molecule has 0 aliphatic rings. The van der Waals surface area contributed by atoms with E-state index < -0.39 is 0 Å². The summed E-state index contributed by atoms with van der Waals surface area (Å²) in [5, 5.41) is 14.0. The third kappa shape index (κ3) is 3.27. The van der Waals surface area contributed by atoms with Gasteiger partial charge in [-0.25, -0.2) is 9.67 Å². The quantitative estimate of drug-likeness (QED) is 0.612. The summed E-state index contributed by atoms with van der Waals surface area (Å²) in [7, 11) is 0. The van der Waals surface area contributed by atoms with Crippen molar-refractivity contribution in [3.63, 3.8) is 0 Å². The molecule has 25 heavy (non-hydrogen) atoms. The lowest BCUT2D eigenvalue weighted by Crippen LogP contribution is -2.19. The molecule has 1 amide bonds. The number of aromatic nitrogens is 4. The summed E-state index contributed by atoms with van der Waals surface area (Å²) >= 11 is 1.61. The molecule has 7 heteroatoms. The standard InChI is InChI=1S/C18H15N5OS/c1-12-19-16(11-25-12)13-5-4-6-14(9-13)20-18(24)10-23-17-8-3-2-7-15(17)21-22-23/h2-9,11H,10H2,1H3,(H,20,24). The van der Waals surface area contributed by atoms with Crippen LogP contribution in [-0.2, 0) is 11.3 Å². The molecule has 0 saturated heterocycles. The summed E-state index contributed by atoms with van der Waals surface area (Å²) in [6, 6.07) is 15.2. The van der Waals surface area contributed by atoms with Crippen LogP contribution in [0.25, 0.3) is 22.3 Å². The lowest BCUT2D eigenvalue weighted by molar-refractivity contribution is -0.116. The Morgan fingerprint density at radius 2 is 2.08 bits per heavy atom. The van der Waals surface area contributed by atoms with Crippen molar-refractivity contribution in [2.75, 3.05) is 5.32 Å². The highest BCUT2D eigenvalue weighted by atomic mass is 32.1. The van der Waals surface area contributed by atoms with Crippen LogP contribution in [0, 0.1) is 6.92 Å². The summed E-state index contributed by atoms with van der Waals surface area (Å²) in [6.07, 6.45) is 0. The fourth-order valence-corrected chi connectivity index (χ4v) is 3.24. The molecule has 2 aromatic heterocycles. The van der Waals surface area contributed by atoms with Crippen LogP contribution in [0.5, 0.6) is 0 Å². The second-order valence-corrected chi connectivity index (χ2v) is 6.68. The van der Waals surface area contributed by atoms with Gasteiger partial charge in [0.15, 0.2) is 0 Å². The van der Waals surface area contributed by atoms with Crippen molar-refractivity contribution in [3.05, 3.63) is 58.9 Å². The molecule has 2 aromatic carbocycles. The number of hydrogen-bond acceptors (Lipinski definition) is 5. The van der Waals surface area contributed by atoms with Crippen molar-refractivity contribution in [1.29, 1.82) is 0 Å². The van der Waals surface area contributed by atoms with Crippen molar-refractivity contribution in [1.82, 2.24) is 20.0 Å². The third-order valence-electron chi connectivity index (χ3n) is 3.77. The maximum atomic E-state index is 12.4. The average Bonchev–Trinajstić information content (AvgIpc) is 3.22. The molecule has 124 valence electrons. The zero-order valence-corrected chi connectivity index (χ0v) is 14.3. The molecule has 4 rings (SSSR count). The van der Waals surface area contributed by atoms with E-state index >= 15 is 0 Å². The molecule has 0 radical (unpaired) electrons. The highest BCUT2D eigenvalue weighted by molar-refractivity contribution is 7.09. The minimum absolute atomic E-state index is 0.112. The Kier molecular flexibility index (Phi) is 3.99. The fourth-order valence-electron chi connectivity index (χ4n) is 2.62. The Labute approximate surface area is 148 Å². The summed E-state index contributed by atoms with van der Waals surface area (Å²) in [6.45, 7) is 2.09. The molecule has 0 bridgehead atoms. The lowest BCUT2D eigenvalue weighted by Gasteiger charge is -2.07. The van der Waals surface area contributed by atoms with Crippen molar-refractivity contribution in [2.45, 2.75) is 13.5 Å². The van der Waals surface area contributed by atoms with E-state index in [4.69, 9.17) is 0 Å². The Hall–Kier alpha value is -3.06. The summed E-state index contributed by atoms with van der Waals surface area (Å²) in [5.74, 6) is -0.151. The number of rotatable bonds is 4. The topological polar surface area (TPSA) is 72.7 Å². The first kappa shape index (κ1) is 15.5. The van der Waals surface area contributed by atoms with Crippen molar-refractivity contribution in [3.8, 4) is 11.3 Å². The van der Waals surface area contributed by atoms with Gasteiger partial charge in [0.25, 0.3) is 0 Å². The normalized spacial score (nSPS) is 10.9. The minimum Gasteiger partial charge on any atom is -0.324 e. The lowest BCUT2D eigenvalue weighted by atomic mass is 10.1. The average molecular weight is 349 g/mol. The van der Waals surface area contributed by atoms with Gasteiger partial charge in [0.1, 0.15) is 12.1 Å². The van der Waals surface area contributed by atoms with E-state index in [0.29, 0.717) is 0 Å². The Morgan fingerprint density at radius 1 is 1.20 bits per heavy atom. The number of nitrogens with one attached hydrogen (secondary N) is 1. The highest BCUT2D eigenvalue weighted by Gasteiger charge is 2.10. The van der Waals surface area contributed by atoms with Gasteiger partial charge in [-0.1, -0.05) is 29.5 Å². The van der Waals surface area contributed by atoms with Crippen LogP contribution in [0.3, 0.4) is 0 Å². The largest absolute Gasteiger partial charge is 0.324 e. The van der Waals surface area contributed by atoms with Crippen LogP contribution in [0.4, 0.5) is 5.69 Å². The number of hydrogen-bond donors (Lipinski definition) is 1. The van der Waals surface area contributed by atoms with Crippen LogP contribution in [0.2, 0.25) is 0 Å². The molecule has 0 atom stereocenters. The second kappa shape index (κ2) is 6.45. The first-order chi connectivity index (χ1) is 12.2. The molecule has 0 unspecified atom stereocenters. The van der Waals surface area contributed by atoms with Gasteiger partial charge in [0, 0.05) is 16.6 Å². The molecule has 0 aliphatic carbocycles. The number of amides is 1. The van der Waals surface area contributed by atoms with E-state index in [-0.39, 0.29) is 12.5 Å². The van der Waals surface area contributed by atoms with Gasteiger partial charge in [-0.2, -0.15) is 0 Å². The number of carbonyl (C=O) groups is 1. The maximum Gasteiger partial charge on any atom is 0.246 e. The van der Waals surface area contributed by atoms with Crippen LogP contribution < -0.4 is 5.32 Å². The SMILES string of the molecule is Cc1nc(-c2cccc(NC(=O)Cn3nnc4ccccc43)c2)cs1. The fraction of sp³-hybridized carbons (Fsp3) is 0.111. The number of benzene rings is 2. The molecular formula is C18H15N5OS. The number of fused-ring (bicyclic) bond motifs is 1. The highest BCUT2D eigenvalue weighted by Crippen LogP contribution is 2.24. The minimum atomic E-state index is -0.151. The third-order valence-corrected chi connectivity index (χ3v) is 4.55. The van der Waals surface area contributed by atoms with E-state index in [1.165, 1.54) is 0 Å². The molecule has 4 aromatic rings. The number of anilines is 1. The molecule has 6 nitrogen and oxygen atoms in total. The van der Waals surface area contributed by atoms with E-state index in [9.17, 15) is 4.79 Å². The zero-order chi connectivity index (χ0) is 17.2. The van der Waals surface area contributed by atoms with Crippen molar-refractivity contribution >= 4 is 34.0 Å². The molecule has 0 aliphatic heterocycles. The van der Waals surface area contributed by atoms with Crippen molar-refractivity contribution < 1.29 is 4.79 Å². The molecule has 0 fully saturated rings. The van der Waals surface area contributed by atoms with Gasteiger partial charge >= 0.3 is 0 Å². The molecule has 1 N–H and O–H groups in total. The first-order valence-electron chi connectivity index (χ1n) is 7.80. The van der Waals surface area contributed by atoms with Crippen LogP contribution in [-0.4, -0.2) is 25.9 Å². The van der Waals surface area contributed by atoms with E-state index in [2.05, 4.69) is 20.6 Å². The van der Waals surface area contributed by atoms with Gasteiger partial charge < -0.3 is 5.32 Å². The Morgan fingerprint density at radius 3 is 2.92 bits per heavy atom. The summed E-state index contributed by atoms with van der Waals surface area (Å²) in [5.41, 5.74) is 4.24. The Balaban J connectivity index is 1.51. The smallest absolute Gasteiger partial charge is 0.246 e. The van der Waals surface area contributed by atoms with Crippen LogP contribution in [0.15, 0.2) is 53.9 Å². The molecule has 0 spiro atoms. The van der Waals surface area contributed by atoms with Gasteiger partial charge in [-0.05, 0) is 31.2 Å². The molecule has 2 heterocycles. The monoisotopic (exact) mass is 349 g/mol. The van der Waals surface area contributed by atoms with E-state index in [0.717, 1.165) is 33.0 Å². The predicted octanol–water partition coefficient (Wildman–Crippen LogP) is 3.50. The van der Waals surface area contributed by atoms with Crippen LogP contribution >= 0.6 is 11.3 Å². The number of carbonyl (C=O) groups excluding carboxylic acids is 1. The van der Waals surface area contributed by atoms with Gasteiger partial charge in [-0.15, -0.1) is 16.4 Å². The zero-order valence-electron chi connectivity index (χ0n) is 13.5. The summed E-state index contributed by atoms with van der Waals surface area (Å²) in [4.78, 5) is 16.8. The number of aryl methyl sites for hydroxylation is 1. The van der Waals surface area contributed by atoms with Crippen LogP contribution in [0.1, 0.15) is 5.01 Å². The maximum absolute atomic E-state index is 12.4. The summed E-state index contributed by atoms with van der Waals surface area (Å²) < 4.78 is 1.60. The molecule has 0 saturated carbocycles. The number of thiazole rings is 1. The Bertz CT molecular complexity index is 1050. The van der Waals surface area contributed by atoms with Crippen molar-refractivity contribution in [2.24, 2.45) is 0 Å².